The third-order valence-corrected chi connectivity index (χ3v) is 3.81. The molecule has 0 unspecified atom stereocenters. The van der Waals surface area contributed by atoms with E-state index in [1.54, 1.807) is 24.5 Å². The van der Waals surface area contributed by atoms with Crippen LogP contribution in [0.25, 0.3) is 0 Å². The number of carbonyl (C=O) groups is 1. The van der Waals surface area contributed by atoms with E-state index in [1.807, 2.05) is 44.2 Å². The third kappa shape index (κ3) is 4.17. The molecule has 126 valence electrons. The zero-order chi connectivity index (χ0) is 17.6. The maximum Gasteiger partial charge on any atom is 0.276 e. The monoisotopic (exact) mass is 333 g/mol. The minimum atomic E-state index is -0.274. The lowest BCUT2D eigenvalue weighted by Gasteiger charge is -2.11. The van der Waals surface area contributed by atoms with E-state index in [9.17, 15) is 4.79 Å². The molecule has 0 bridgehead atoms. The summed E-state index contributed by atoms with van der Waals surface area (Å²) in [5.41, 5.74) is 4.15. The second-order valence-electron chi connectivity index (χ2n) is 5.74. The van der Waals surface area contributed by atoms with Crippen LogP contribution in [0.5, 0.6) is 0 Å². The van der Waals surface area contributed by atoms with Gasteiger partial charge in [0.05, 0.1) is 0 Å². The summed E-state index contributed by atoms with van der Waals surface area (Å²) < 4.78 is 0. The number of nitrogens with zero attached hydrogens (tertiary/aromatic N) is 3. The highest BCUT2D eigenvalue weighted by Crippen LogP contribution is 2.20. The molecule has 3 aromatic rings. The van der Waals surface area contributed by atoms with Crippen molar-refractivity contribution in [1.82, 2.24) is 15.2 Å². The smallest absolute Gasteiger partial charge is 0.276 e. The van der Waals surface area contributed by atoms with Crippen molar-refractivity contribution in [3.05, 3.63) is 77.2 Å². The third-order valence-electron chi connectivity index (χ3n) is 3.81. The molecular formula is C19H19N5O. The summed E-state index contributed by atoms with van der Waals surface area (Å²) in [5, 5.41) is 14.1. The summed E-state index contributed by atoms with van der Waals surface area (Å²) in [4.78, 5) is 16.4. The molecule has 6 nitrogen and oxygen atoms in total. The van der Waals surface area contributed by atoms with Crippen LogP contribution in [0.3, 0.4) is 0 Å². The van der Waals surface area contributed by atoms with Crippen LogP contribution >= 0.6 is 0 Å². The number of anilines is 2. The molecular weight excluding hydrogens is 314 g/mol. The number of carbonyl (C=O) groups excluding carboxylic acids is 1. The highest BCUT2D eigenvalue weighted by molar-refractivity contribution is 6.03. The molecule has 0 fully saturated rings. The number of aromatic nitrogens is 3. The molecule has 0 aliphatic carbocycles. The van der Waals surface area contributed by atoms with Crippen molar-refractivity contribution in [2.24, 2.45) is 0 Å². The maximum absolute atomic E-state index is 12.4. The number of para-hydroxylation sites is 1. The van der Waals surface area contributed by atoms with Gasteiger partial charge in [-0.2, -0.15) is 0 Å². The molecule has 2 N–H and O–H groups in total. The second-order valence-corrected chi connectivity index (χ2v) is 5.74. The van der Waals surface area contributed by atoms with Gasteiger partial charge in [-0.15, -0.1) is 10.2 Å². The normalized spacial score (nSPS) is 10.3. The van der Waals surface area contributed by atoms with Gasteiger partial charge in [-0.3, -0.25) is 9.78 Å². The number of hydrogen-bond acceptors (Lipinski definition) is 5. The van der Waals surface area contributed by atoms with Crippen molar-refractivity contribution in [3.63, 3.8) is 0 Å². The zero-order valence-corrected chi connectivity index (χ0v) is 14.2. The molecule has 2 aromatic heterocycles. The van der Waals surface area contributed by atoms with Crippen LogP contribution in [-0.2, 0) is 6.54 Å². The Hall–Kier alpha value is -3.28. The summed E-state index contributed by atoms with van der Waals surface area (Å²) in [7, 11) is 0. The fourth-order valence-electron chi connectivity index (χ4n) is 2.43. The van der Waals surface area contributed by atoms with E-state index in [1.165, 1.54) is 0 Å². The Labute approximate surface area is 146 Å². The van der Waals surface area contributed by atoms with Crippen LogP contribution in [0, 0.1) is 13.8 Å². The van der Waals surface area contributed by atoms with E-state index in [-0.39, 0.29) is 11.6 Å². The molecule has 0 radical (unpaired) electrons. The van der Waals surface area contributed by atoms with Crippen molar-refractivity contribution in [2.75, 3.05) is 10.6 Å². The van der Waals surface area contributed by atoms with E-state index in [0.717, 1.165) is 22.4 Å². The molecule has 0 aliphatic heterocycles. The number of amides is 1. The second kappa shape index (κ2) is 7.53. The zero-order valence-electron chi connectivity index (χ0n) is 14.2. The van der Waals surface area contributed by atoms with Gasteiger partial charge in [-0.25, -0.2) is 0 Å². The predicted molar refractivity (Wildman–Crippen MR) is 97.5 cm³/mol. The first kappa shape index (κ1) is 16.6. The van der Waals surface area contributed by atoms with E-state index in [2.05, 4.69) is 25.8 Å². The minimum absolute atomic E-state index is 0.273. The fourth-order valence-corrected chi connectivity index (χ4v) is 2.43. The lowest BCUT2D eigenvalue weighted by atomic mass is 10.1. The van der Waals surface area contributed by atoms with E-state index in [0.29, 0.717) is 12.4 Å². The minimum Gasteiger partial charge on any atom is -0.364 e. The number of pyridine rings is 1. The van der Waals surface area contributed by atoms with Crippen molar-refractivity contribution < 1.29 is 4.79 Å². The molecule has 0 saturated heterocycles. The quantitative estimate of drug-likeness (QED) is 0.748. The first-order valence-corrected chi connectivity index (χ1v) is 7.97. The van der Waals surface area contributed by atoms with Gasteiger partial charge in [0, 0.05) is 24.6 Å². The first-order chi connectivity index (χ1) is 12.1. The van der Waals surface area contributed by atoms with Crippen LogP contribution in [0.15, 0.2) is 54.9 Å². The number of nitrogens with one attached hydrogen (secondary N) is 2. The molecule has 0 saturated carbocycles. The average molecular weight is 333 g/mol. The Morgan fingerprint density at radius 3 is 2.44 bits per heavy atom. The molecule has 0 atom stereocenters. The molecule has 0 spiro atoms. The fraction of sp³-hybridized carbons (Fsp3) is 0.158. The van der Waals surface area contributed by atoms with Crippen molar-refractivity contribution >= 4 is 17.4 Å². The molecule has 3 rings (SSSR count). The average Bonchev–Trinajstić information content (AvgIpc) is 2.64. The predicted octanol–water partition coefficient (Wildman–Crippen LogP) is 3.35. The summed E-state index contributed by atoms with van der Waals surface area (Å²) in [6.45, 7) is 4.51. The number of aryl methyl sites for hydroxylation is 2. The van der Waals surface area contributed by atoms with Gasteiger partial charge in [-0.05, 0) is 48.7 Å². The van der Waals surface area contributed by atoms with Crippen LogP contribution in [0.4, 0.5) is 11.5 Å². The highest BCUT2D eigenvalue weighted by Gasteiger charge is 2.11. The number of rotatable bonds is 5. The Morgan fingerprint density at radius 2 is 1.80 bits per heavy atom. The van der Waals surface area contributed by atoms with Crippen LogP contribution in [0.1, 0.15) is 27.2 Å². The molecule has 2 heterocycles. The Kier molecular flexibility index (Phi) is 4.99. The van der Waals surface area contributed by atoms with Crippen molar-refractivity contribution in [1.29, 1.82) is 0 Å². The van der Waals surface area contributed by atoms with Gasteiger partial charge in [0.1, 0.15) is 5.82 Å². The van der Waals surface area contributed by atoms with Gasteiger partial charge in [0.25, 0.3) is 5.91 Å². The maximum atomic E-state index is 12.4. The Morgan fingerprint density at radius 1 is 1.00 bits per heavy atom. The summed E-state index contributed by atoms with van der Waals surface area (Å²) in [6, 6.07) is 13.1. The van der Waals surface area contributed by atoms with Crippen LogP contribution in [-0.4, -0.2) is 21.1 Å². The van der Waals surface area contributed by atoms with E-state index in [4.69, 9.17) is 0 Å². The van der Waals surface area contributed by atoms with E-state index >= 15 is 0 Å². The molecule has 0 aliphatic rings. The van der Waals surface area contributed by atoms with Crippen LogP contribution < -0.4 is 10.6 Å². The highest BCUT2D eigenvalue weighted by atomic mass is 16.1. The lowest BCUT2D eigenvalue weighted by molar-refractivity contribution is 0.102. The Balaban J connectivity index is 1.64. The summed E-state index contributed by atoms with van der Waals surface area (Å²) in [6.07, 6.45) is 3.51. The lowest BCUT2D eigenvalue weighted by Crippen LogP contribution is -2.16. The van der Waals surface area contributed by atoms with Gasteiger partial charge in [-0.1, -0.05) is 24.3 Å². The standard InChI is InChI=1S/C19H19N5O/c1-13-5-3-6-14(2)18(13)22-19(25)16-8-9-17(24-23-16)21-12-15-7-4-10-20-11-15/h3-11H,12H2,1-2H3,(H,21,24)(H,22,25). The largest absolute Gasteiger partial charge is 0.364 e. The van der Waals surface area contributed by atoms with Gasteiger partial charge < -0.3 is 10.6 Å². The SMILES string of the molecule is Cc1cccc(C)c1NC(=O)c1ccc(NCc2cccnc2)nn1. The number of benzene rings is 1. The topological polar surface area (TPSA) is 79.8 Å². The van der Waals surface area contributed by atoms with Gasteiger partial charge >= 0.3 is 0 Å². The Bertz CT molecular complexity index is 842. The van der Waals surface area contributed by atoms with Crippen molar-refractivity contribution in [3.8, 4) is 0 Å². The van der Waals surface area contributed by atoms with E-state index < -0.39 is 0 Å². The summed E-state index contributed by atoms with van der Waals surface area (Å²) in [5.74, 6) is 0.330. The first-order valence-electron chi connectivity index (χ1n) is 7.97. The van der Waals surface area contributed by atoms with Crippen LogP contribution in [0.2, 0.25) is 0 Å². The molecule has 6 heteroatoms. The summed E-state index contributed by atoms with van der Waals surface area (Å²) >= 11 is 0. The van der Waals surface area contributed by atoms with Gasteiger partial charge in [0.2, 0.25) is 0 Å². The molecule has 25 heavy (non-hydrogen) atoms. The van der Waals surface area contributed by atoms with Gasteiger partial charge in [0.15, 0.2) is 5.69 Å². The molecule has 1 aromatic carbocycles. The number of hydrogen-bond donors (Lipinski definition) is 2. The molecule has 1 amide bonds. The van der Waals surface area contributed by atoms with Crippen molar-refractivity contribution in [2.45, 2.75) is 20.4 Å².